The summed E-state index contributed by atoms with van der Waals surface area (Å²) in [7, 11) is 2.10. The molecule has 1 fully saturated rings. The maximum absolute atomic E-state index is 13.1. The summed E-state index contributed by atoms with van der Waals surface area (Å²) in [6.45, 7) is 4.19. The van der Waals surface area contributed by atoms with Crippen molar-refractivity contribution in [2.75, 3.05) is 26.7 Å². The molecule has 27 heavy (non-hydrogen) atoms. The first-order chi connectivity index (χ1) is 13.0. The highest BCUT2D eigenvalue weighted by Crippen LogP contribution is 2.25. The lowest BCUT2D eigenvalue weighted by Gasteiger charge is -2.40. The van der Waals surface area contributed by atoms with Gasteiger partial charge in [0.1, 0.15) is 0 Å². The summed E-state index contributed by atoms with van der Waals surface area (Å²) in [6, 6.07) is 14.3. The number of hydrogen-bond donors (Lipinski definition) is 3. The van der Waals surface area contributed by atoms with Gasteiger partial charge in [-0.3, -0.25) is 0 Å². The minimum atomic E-state index is -0.474. The first-order valence-electron chi connectivity index (χ1n) is 9.72. The molecule has 6 heteroatoms. The second kappa shape index (κ2) is 8.69. The molecular weight excluding hydrogens is 338 g/mol. The first kappa shape index (κ1) is 19.6. The van der Waals surface area contributed by atoms with Crippen molar-refractivity contribution in [1.29, 1.82) is 0 Å². The second-order valence-electron chi connectivity index (χ2n) is 7.48. The number of hydrogen-bond acceptors (Lipinski definition) is 4. The van der Waals surface area contributed by atoms with Crippen molar-refractivity contribution in [2.45, 2.75) is 38.0 Å². The Hall–Kier alpha value is -2.15. The van der Waals surface area contributed by atoms with Gasteiger partial charge in [0.25, 0.3) is 0 Å². The lowest BCUT2D eigenvalue weighted by Crippen LogP contribution is -2.59. The molecule has 0 saturated carbocycles. The molecular formula is C21H31N5O. The van der Waals surface area contributed by atoms with Gasteiger partial charge in [0.2, 0.25) is 0 Å². The predicted octanol–water partition coefficient (Wildman–Crippen LogP) is 2.25. The second-order valence-corrected chi connectivity index (χ2v) is 7.48. The van der Waals surface area contributed by atoms with Crippen molar-refractivity contribution in [3.8, 4) is 0 Å². The fraction of sp³-hybridized carbons (Fsp3) is 0.476. The number of fused-ring (bicyclic) bond motifs is 1. The predicted molar refractivity (Wildman–Crippen MR) is 110 cm³/mol. The van der Waals surface area contributed by atoms with Gasteiger partial charge in [-0.1, -0.05) is 42.5 Å². The Balaban J connectivity index is 1.78. The van der Waals surface area contributed by atoms with Crippen LogP contribution in [0.4, 0.5) is 4.79 Å². The third-order valence-corrected chi connectivity index (χ3v) is 5.54. The van der Waals surface area contributed by atoms with Crippen molar-refractivity contribution < 1.29 is 4.79 Å². The van der Waals surface area contributed by atoms with Gasteiger partial charge in [-0.2, -0.15) is 0 Å². The highest BCUT2D eigenvalue weighted by atomic mass is 16.2. The van der Waals surface area contributed by atoms with E-state index in [1.165, 1.54) is 5.39 Å². The van der Waals surface area contributed by atoms with E-state index >= 15 is 0 Å². The van der Waals surface area contributed by atoms with Gasteiger partial charge in [-0.15, -0.1) is 0 Å². The number of carbonyl (C=O) groups excluding carboxylic acids is 1. The first-order valence-corrected chi connectivity index (χ1v) is 9.72. The summed E-state index contributed by atoms with van der Waals surface area (Å²) in [6.07, 6.45) is 1.36. The van der Waals surface area contributed by atoms with Crippen LogP contribution in [0.3, 0.4) is 0 Å². The molecule has 146 valence electrons. The summed E-state index contributed by atoms with van der Waals surface area (Å²) >= 11 is 0. The van der Waals surface area contributed by atoms with Crippen molar-refractivity contribution >= 4 is 16.8 Å². The number of carbonyl (C=O) groups is 1. The Labute approximate surface area is 161 Å². The molecule has 2 atom stereocenters. The van der Waals surface area contributed by atoms with Crippen LogP contribution in [0.5, 0.6) is 0 Å². The zero-order valence-electron chi connectivity index (χ0n) is 16.3. The molecule has 1 saturated heterocycles. The molecule has 1 heterocycles. The van der Waals surface area contributed by atoms with Crippen LogP contribution in [0.25, 0.3) is 10.8 Å². The van der Waals surface area contributed by atoms with Gasteiger partial charge in [0.15, 0.2) is 0 Å². The Morgan fingerprint density at radius 3 is 2.59 bits per heavy atom. The highest BCUT2D eigenvalue weighted by Gasteiger charge is 2.31. The largest absolute Gasteiger partial charge is 0.331 e. The Bertz CT molecular complexity index is 767. The Morgan fingerprint density at radius 2 is 1.89 bits per heavy atom. The third kappa shape index (κ3) is 4.40. The SMILES string of the molecule is CC(NC(=O)N(C(N)CN)C1CCN(C)CC1)c1cccc2ccccc12. The van der Waals surface area contributed by atoms with Crippen molar-refractivity contribution in [3.05, 3.63) is 48.0 Å². The molecule has 0 spiro atoms. The molecule has 2 unspecified atom stereocenters. The smallest absolute Gasteiger partial charge is 0.319 e. The van der Waals surface area contributed by atoms with E-state index in [0.717, 1.165) is 36.9 Å². The van der Waals surface area contributed by atoms with Crippen molar-refractivity contribution in [2.24, 2.45) is 11.5 Å². The van der Waals surface area contributed by atoms with Crippen LogP contribution >= 0.6 is 0 Å². The molecule has 2 amide bonds. The van der Waals surface area contributed by atoms with E-state index in [1.807, 2.05) is 25.1 Å². The minimum Gasteiger partial charge on any atom is -0.331 e. The zero-order chi connectivity index (χ0) is 19.4. The van der Waals surface area contributed by atoms with Gasteiger partial charge in [-0.05, 0) is 56.2 Å². The van der Waals surface area contributed by atoms with E-state index in [9.17, 15) is 4.79 Å². The van der Waals surface area contributed by atoms with E-state index in [4.69, 9.17) is 11.5 Å². The number of benzene rings is 2. The van der Waals surface area contributed by atoms with E-state index in [0.29, 0.717) is 0 Å². The summed E-state index contributed by atoms with van der Waals surface area (Å²) in [5.41, 5.74) is 13.1. The highest BCUT2D eigenvalue weighted by molar-refractivity contribution is 5.86. The van der Waals surface area contributed by atoms with E-state index in [1.54, 1.807) is 4.90 Å². The third-order valence-electron chi connectivity index (χ3n) is 5.54. The van der Waals surface area contributed by atoms with E-state index < -0.39 is 6.17 Å². The van der Waals surface area contributed by atoms with Crippen LogP contribution < -0.4 is 16.8 Å². The topological polar surface area (TPSA) is 87.6 Å². The van der Waals surface area contributed by atoms with E-state index in [2.05, 4.69) is 41.5 Å². The van der Waals surface area contributed by atoms with Crippen LogP contribution in [0, 0.1) is 0 Å². The molecule has 2 aromatic rings. The number of rotatable bonds is 5. The van der Waals surface area contributed by atoms with Crippen molar-refractivity contribution in [3.63, 3.8) is 0 Å². The number of nitrogens with two attached hydrogens (primary N) is 2. The average Bonchev–Trinajstić information content (AvgIpc) is 2.69. The fourth-order valence-electron chi connectivity index (χ4n) is 3.94. The molecule has 0 radical (unpaired) electrons. The van der Waals surface area contributed by atoms with Gasteiger partial charge in [0.05, 0.1) is 12.2 Å². The monoisotopic (exact) mass is 369 g/mol. The van der Waals surface area contributed by atoms with Gasteiger partial charge in [-0.25, -0.2) is 4.79 Å². The van der Waals surface area contributed by atoms with Crippen LogP contribution in [0.2, 0.25) is 0 Å². The molecule has 0 aliphatic carbocycles. The van der Waals surface area contributed by atoms with Gasteiger partial charge < -0.3 is 26.6 Å². The molecule has 5 N–H and O–H groups in total. The zero-order valence-corrected chi connectivity index (χ0v) is 16.3. The number of piperidine rings is 1. The molecule has 6 nitrogen and oxygen atoms in total. The molecule has 1 aliphatic rings. The quantitative estimate of drug-likeness (QED) is 0.706. The summed E-state index contributed by atoms with van der Waals surface area (Å²) in [5, 5.41) is 5.47. The lowest BCUT2D eigenvalue weighted by molar-refractivity contribution is 0.105. The summed E-state index contributed by atoms with van der Waals surface area (Å²) in [5.74, 6) is 0. The number of amides is 2. The van der Waals surface area contributed by atoms with Crippen LogP contribution in [-0.2, 0) is 0 Å². The number of urea groups is 1. The molecule has 1 aliphatic heterocycles. The van der Waals surface area contributed by atoms with Crippen molar-refractivity contribution in [1.82, 2.24) is 15.1 Å². The normalized spacial score (nSPS) is 18.2. The van der Waals surface area contributed by atoms with Crippen LogP contribution in [-0.4, -0.2) is 54.7 Å². The van der Waals surface area contributed by atoms with Gasteiger partial charge in [0, 0.05) is 12.6 Å². The minimum absolute atomic E-state index is 0.123. The Morgan fingerprint density at radius 1 is 1.22 bits per heavy atom. The molecule has 3 rings (SSSR count). The van der Waals surface area contributed by atoms with Gasteiger partial charge >= 0.3 is 6.03 Å². The molecule has 2 aromatic carbocycles. The maximum atomic E-state index is 13.1. The molecule has 0 bridgehead atoms. The Kier molecular flexibility index (Phi) is 6.31. The summed E-state index contributed by atoms with van der Waals surface area (Å²) < 4.78 is 0. The lowest BCUT2D eigenvalue weighted by atomic mass is 9.99. The summed E-state index contributed by atoms with van der Waals surface area (Å²) in [4.78, 5) is 17.1. The van der Waals surface area contributed by atoms with E-state index in [-0.39, 0.29) is 24.7 Å². The van der Waals surface area contributed by atoms with Crippen LogP contribution in [0.1, 0.15) is 31.4 Å². The fourth-order valence-corrected chi connectivity index (χ4v) is 3.94. The maximum Gasteiger partial charge on any atom is 0.319 e. The standard InChI is InChI=1S/C21H31N5O/c1-15(18-9-5-7-16-6-3-4-8-19(16)18)24-21(27)26(20(23)14-22)17-10-12-25(2)13-11-17/h3-9,15,17,20H,10-14,22-23H2,1-2H3,(H,24,27). The van der Waals surface area contributed by atoms with Crippen LogP contribution in [0.15, 0.2) is 42.5 Å². The number of nitrogens with zero attached hydrogens (tertiary/aromatic N) is 2. The number of likely N-dealkylation sites (tertiary alicyclic amines) is 1. The average molecular weight is 370 g/mol. The number of nitrogens with one attached hydrogen (secondary N) is 1. The molecule has 0 aromatic heterocycles.